The third-order valence-electron chi connectivity index (χ3n) is 14.6. The van der Waals surface area contributed by atoms with Gasteiger partial charge in [-0.2, -0.15) is 13.2 Å². The maximum absolute atomic E-state index is 14.7. The van der Waals surface area contributed by atoms with Gasteiger partial charge < -0.3 is 57.9 Å². The number of benzene rings is 4. The molecule has 1 saturated heterocycles. The highest BCUT2D eigenvalue weighted by atomic mass is 19.4. The number of hydrogen-bond donors (Lipinski definition) is 10. The second-order valence-electron chi connectivity index (χ2n) is 21.8. The minimum Gasteiger partial charge on any atom is -0.508 e. The van der Waals surface area contributed by atoms with Crippen LogP contribution < -0.4 is 43.0 Å². The molecule has 0 aliphatic carbocycles. The summed E-state index contributed by atoms with van der Waals surface area (Å²) in [5.41, 5.74) is 9.92. The Kier molecular flexibility index (Phi) is 22.8. The van der Waals surface area contributed by atoms with Gasteiger partial charge in [0.25, 0.3) is 0 Å². The molecule has 1 aliphatic rings. The number of hydrogen-bond acceptors (Lipinski definition) is 10. The van der Waals surface area contributed by atoms with E-state index < -0.39 is 108 Å². The zero-order valence-electron chi connectivity index (χ0n) is 47.7. The molecule has 2 heterocycles. The SMILES string of the molecule is CCCC[C@H](NC(=O)[C@H](Cc1ccccc1)NC(=O)CNC(=O)[C@@H](C)NC(=O)[C@@H](N)Cc1c(C)cc(O)cc1C)C(=O)N1CCC[C@H]1C(=O)N[C@@H](CC(C)C)C(=O)N[C@@H](Cc1c[nH]c2ccccc12)C(=O)NCc1cccc(C(F)(F)F)c1. The van der Waals surface area contributed by atoms with Crippen LogP contribution in [-0.2, 0) is 70.3 Å². The van der Waals surface area contributed by atoms with Crippen LogP contribution in [0.1, 0.15) is 105 Å². The van der Waals surface area contributed by atoms with Crippen molar-refractivity contribution in [3.63, 3.8) is 0 Å². The molecule has 1 aliphatic heterocycles. The zero-order chi connectivity index (χ0) is 60.5. The Balaban J connectivity index is 1.12. The molecule has 7 atom stereocenters. The third-order valence-corrected chi connectivity index (χ3v) is 14.6. The lowest BCUT2D eigenvalue weighted by Crippen LogP contribution is -2.59. The van der Waals surface area contributed by atoms with Crippen molar-refractivity contribution in [3.8, 4) is 5.75 Å². The summed E-state index contributed by atoms with van der Waals surface area (Å²) in [5, 5.41) is 29.6. The molecule has 5 aromatic rings. The molecule has 0 saturated carbocycles. The molecule has 0 bridgehead atoms. The molecule has 0 radical (unpaired) electrons. The van der Waals surface area contributed by atoms with E-state index in [0.29, 0.717) is 30.4 Å². The molecular weight excluding hydrogens is 1070 g/mol. The molecule has 22 heteroatoms. The van der Waals surface area contributed by atoms with E-state index in [1.165, 1.54) is 24.0 Å². The predicted octanol–water partition coefficient (Wildman–Crippen LogP) is 4.97. The Morgan fingerprint density at radius 1 is 0.711 bits per heavy atom. The Labute approximate surface area is 481 Å². The van der Waals surface area contributed by atoms with Gasteiger partial charge in [0.05, 0.1) is 18.2 Å². The van der Waals surface area contributed by atoms with Gasteiger partial charge in [-0.25, -0.2) is 0 Å². The largest absolute Gasteiger partial charge is 0.508 e. The van der Waals surface area contributed by atoms with Crippen LogP contribution in [0.15, 0.2) is 97.2 Å². The number of nitrogens with one attached hydrogen (secondary N) is 8. The van der Waals surface area contributed by atoms with Gasteiger partial charge in [-0.15, -0.1) is 0 Å². The molecule has 1 aromatic heterocycles. The first-order chi connectivity index (χ1) is 39.4. The number of phenolic OH excluding ortho intramolecular Hbond substituents is 1. The van der Waals surface area contributed by atoms with Gasteiger partial charge in [0.15, 0.2) is 0 Å². The van der Waals surface area contributed by atoms with Crippen molar-refractivity contribution in [2.75, 3.05) is 13.1 Å². The molecule has 83 heavy (non-hydrogen) atoms. The number of halogens is 3. The van der Waals surface area contributed by atoms with Gasteiger partial charge in [-0.05, 0) is 123 Å². The molecule has 0 unspecified atom stereocenters. The number of alkyl halides is 3. The van der Waals surface area contributed by atoms with E-state index in [9.17, 15) is 56.6 Å². The van der Waals surface area contributed by atoms with Crippen LogP contribution in [0.3, 0.4) is 0 Å². The Hall–Kier alpha value is -8.27. The monoisotopic (exact) mass is 1150 g/mol. The van der Waals surface area contributed by atoms with E-state index in [1.807, 2.05) is 45.0 Å². The Morgan fingerprint density at radius 3 is 2.05 bits per heavy atom. The molecule has 1 fully saturated rings. The first-order valence-electron chi connectivity index (χ1n) is 28.1. The van der Waals surface area contributed by atoms with Crippen molar-refractivity contribution < 1.29 is 56.6 Å². The number of para-hydroxylation sites is 1. The van der Waals surface area contributed by atoms with Gasteiger partial charge >= 0.3 is 6.18 Å². The number of aromatic nitrogens is 1. The van der Waals surface area contributed by atoms with E-state index >= 15 is 0 Å². The summed E-state index contributed by atoms with van der Waals surface area (Å²) in [5.74, 6) is -5.37. The fraction of sp³-hybridized carbons (Fsp3) is 0.443. The summed E-state index contributed by atoms with van der Waals surface area (Å²) in [4.78, 5) is 116. The summed E-state index contributed by atoms with van der Waals surface area (Å²) < 4.78 is 40.6. The number of likely N-dealkylation sites (tertiary alicyclic amines) is 1. The van der Waals surface area contributed by atoms with Crippen molar-refractivity contribution in [2.24, 2.45) is 11.7 Å². The van der Waals surface area contributed by atoms with Crippen LogP contribution in [-0.4, -0.2) is 118 Å². The number of aromatic amines is 1. The number of nitrogens with zero attached hydrogens (tertiary/aromatic N) is 1. The number of carbonyl (C=O) groups is 8. The van der Waals surface area contributed by atoms with Gasteiger partial charge in [0.2, 0.25) is 47.3 Å². The average Bonchev–Trinajstić information content (AvgIpc) is 4.31. The number of amides is 8. The van der Waals surface area contributed by atoms with E-state index in [4.69, 9.17) is 5.73 Å². The van der Waals surface area contributed by atoms with E-state index in [1.54, 1.807) is 62.5 Å². The summed E-state index contributed by atoms with van der Waals surface area (Å²) >= 11 is 0. The van der Waals surface area contributed by atoms with Crippen LogP contribution >= 0.6 is 0 Å². The number of nitrogens with two attached hydrogens (primary N) is 1. The summed E-state index contributed by atoms with van der Waals surface area (Å²) in [7, 11) is 0. The highest BCUT2D eigenvalue weighted by Crippen LogP contribution is 2.30. The Morgan fingerprint density at radius 2 is 1.36 bits per heavy atom. The van der Waals surface area contributed by atoms with E-state index in [0.717, 1.165) is 39.7 Å². The van der Waals surface area contributed by atoms with Crippen molar-refractivity contribution in [2.45, 2.75) is 154 Å². The van der Waals surface area contributed by atoms with Crippen LogP contribution in [0.2, 0.25) is 0 Å². The third kappa shape index (κ3) is 18.4. The second kappa shape index (κ2) is 29.6. The second-order valence-corrected chi connectivity index (χ2v) is 21.8. The van der Waals surface area contributed by atoms with Crippen LogP contribution in [0.25, 0.3) is 10.9 Å². The lowest BCUT2D eigenvalue weighted by molar-refractivity contribution is -0.142. The summed E-state index contributed by atoms with van der Waals surface area (Å²) in [6.07, 6.45) is -0.660. The number of carbonyl (C=O) groups excluding carboxylic acids is 8. The zero-order valence-corrected chi connectivity index (χ0v) is 47.7. The van der Waals surface area contributed by atoms with Crippen molar-refractivity contribution in [1.29, 1.82) is 0 Å². The smallest absolute Gasteiger partial charge is 0.416 e. The number of H-pyrrole nitrogens is 1. The molecule has 8 amide bonds. The molecule has 11 N–H and O–H groups in total. The lowest BCUT2D eigenvalue weighted by atomic mass is 9.96. The first-order valence-corrected chi connectivity index (χ1v) is 28.1. The molecule has 446 valence electrons. The highest BCUT2D eigenvalue weighted by Gasteiger charge is 2.40. The van der Waals surface area contributed by atoms with Gasteiger partial charge in [0.1, 0.15) is 42.0 Å². The molecule has 4 aromatic carbocycles. The number of rotatable bonds is 27. The standard InChI is InChI=1S/C61H77F3N10O9/c1-7-8-21-48(71-58(81)50(29-39-16-10-9-11-17-39)70-53(76)34-68-54(77)38(6)69-55(78)46(65)31-45-36(4)26-43(75)27-37(45)5)60(83)74-24-15-23-52(74)59(82)73-49(25-35(2)3)57(80)72-51(30-41-33-66-47-22-13-12-20-44(41)47)56(79)67-32-40-18-14-19-42(28-40)61(62,63)64/h9-14,16-20,22,26-28,33,35,38,46,48-52,66,75H,7-8,15,21,23-25,29-32,34,65H2,1-6H3,(H,67,79)(H,68,77)(H,69,78)(H,70,76)(H,71,81)(H,72,80)(H,73,82)/t38-,46+,48+,49+,50+,51+,52+/m1/s1. The van der Waals surface area contributed by atoms with Gasteiger partial charge in [-0.3, -0.25) is 38.4 Å². The lowest BCUT2D eigenvalue weighted by Gasteiger charge is -2.31. The Bertz CT molecular complexity index is 3070. The average molecular weight is 1150 g/mol. The van der Waals surface area contributed by atoms with Crippen molar-refractivity contribution in [1.82, 2.24) is 47.1 Å². The van der Waals surface area contributed by atoms with Gasteiger partial charge in [0, 0.05) is 43.0 Å². The summed E-state index contributed by atoms with van der Waals surface area (Å²) in [6, 6.07) is 15.8. The molecular formula is C61H77F3N10O9. The molecule has 0 spiro atoms. The first kappa shape index (κ1) is 63.9. The maximum Gasteiger partial charge on any atom is 0.416 e. The van der Waals surface area contributed by atoms with Crippen molar-refractivity contribution >= 4 is 58.2 Å². The number of fused-ring (bicyclic) bond motifs is 1. The van der Waals surface area contributed by atoms with E-state index in [-0.39, 0.29) is 68.8 Å². The van der Waals surface area contributed by atoms with Crippen LogP contribution in [0, 0.1) is 19.8 Å². The predicted molar refractivity (Wildman–Crippen MR) is 307 cm³/mol. The minimum atomic E-state index is -4.60. The van der Waals surface area contributed by atoms with Gasteiger partial charge in [-0.1, -0.05) is 94.3 Å². The number of aryl methyl sites for hydroxylation is 2. The van der Waals surface area contributed by atoms with E-state index in [2.05, 4.69) is 42.2 Å². The van der Waals surface area contributed by atoms with Crippen molar-refractivity contribution in [3.05, 3.63) is 136 Å². The topological polar surface area (TPSA) is 286 Å². The normalized spacial score (nSPS) is 15.5. The van der Waals surface area contributed by atoms with Crippen LogP contribution in [0.5, 0.6) is 5.75 Å². The highest BCUT2D eigenvalue weighted by molar-refractivity contribution is 5.98. The fourth-order valence-corrected chi connectivity index (χ4v) is 10.2. The number of aromatic hydroxyl groups is 1. The minimum absolute atomic E-state index is 0.000447. The summed E-state index contributed by atoms with van der Waals surface area (Å²) in [6.45, 7) is 9.91. The number of unbranched alkanes of at least 4 members (excludes halogenated alkanes) is 1. The molecule has 6 rings (SSSR count). The van der Waals surface area contributed by atoms with Crippen LogP contribution in [0.4, 0.5) is 13.2 Å². The quantitative estimate of drug-likeness (QED) is 0.0337. The molecule has 19 nitrogen and oxygen atoms in total. The maximum atomic E-state index is 14.7. The number of phenols is 1. The fourth-order valence-electron chi connectivity index (χ4n) is 10.2.